The molecule has 3 aromatic rings. The topological polar surface area (TPSA) is 110 Å². The summed E-state index contributed by atoms with van der Waals surface area (Å²) in [6.07, 6.45) is 4.74. The normalized spacial score (nSPS) is 24.7. The van der Waals surface area contributed by atoms with Gasteiger partial charge in [0.15, 0.2) is 11.5 Å². The van der Waals surface area contributed by atoms with Crippen LogP contribution in [0.5, 0.6) is 0 Å². The molecule has 152 valence electrons. The maximum atomic E-state index is 13.7. The van der Waals surface area contributed by atoms with Gasteiger partial charge in [0.1, 0.15) is 6.33 Å². The van der Waals surface area contributed by atoms with Gasteiger partial charge < -0.3 is 10.6 Å². The van der Waals surface area contributed by atoms with Gasteiger partial charge in [0.25, 0.3) is 0 Å². The maximum absolute atomic E-state index is 13.7. The van der Waals surface area contributed by atoms with E-state index >= 15 is 0 Å². The molecular weight excluding hydrogens is 390 g/mol. The third-order valence-electron chi connectivity index (χ3n) is 6.27. The SMILES string of the molecule is CN1CC2CC(N(C)S(=O)(=O)c3ccccc3-c3cnc4c(N)ncnn34)(C2)C1. The minimum absolute atomic E-state index is 0.243. The molecule has 0 spiro atoms. The Morgan fingerprint density at radius 2 is 2.00 bits per heavy atom. The summed E-state index contributed by atoms with van der Waals surface area (Å²) in [6, 6.07) is 6.97. The summed E-state index contributed by atoms with van der Waals surface area (Å²) in [6.45, 7) is 1.79. The van der Waals surface area contributed by atoms with Gasteiger partial charge in [0.2, 0.25) is 10.0 Å². The molecule has 3 fully saturated rings. The summed E-state index contributed by atoms with van der Waals surface area (Å²) in [4.78, 5) is 10.7. The number of imidazole rings is 1. The molecule has 0 radical (unpaired) electrons. The molecule has 29 heavy (non-hydrogen) atoms. The Balaban J connectivity index is 1.61. The molecule has 0 amide bonds. The van der Waals surface area contributed by atoms with Gasteiger partial charge in [-0.15, -0.1) is 0 Å². The molecule has 1 aliphatic carbocycles. The van der Waals surface area contributed by atoms with Gasteiger partial charge in [0, 0.05) is 31.2 Å². The van der Waals surface area contributed by atoms with Crippen molar-refractivity contribution in [3.63, 3.8) is 0 Å². The van der Waals surface area contributed by atoms with E-state index in [1.807, 2.05) is 6.07 Å². The predicted molar refractivity (Wildman–Crippen MR) is 109 cm³/mol. The number of hydrogen-bond donors (Lipinski definition) is 1. The van der Waals surface area contributed by atoms with Gasteiger partial charge in [0.05, 0.1) is 16.8 Å². The first-order chi connectivity index (χ1) is 13.8. The molecule has 4 heterocycles. The van der Waals surface area contributed by atoms with E-state index in [1.54, 1.807) is 35.7 Å². The van der Waals surface area contributed by atoms with E-state index in [9.17, 15) is 8.42 Å². The number of sulfonamides is 1. The largest absolute Gasteiger partial charge is 0.381 e. The van der Waals surface area contributed by atoms with Crippen LogP contribution in [-0.2, 0) is 10.0 Å². The van der Waals surface area contributed by atoms with Gasteiger partial charge in [-0.1, -0.05) is 18.2 Å². The number of anilines is 1. The third-order valence-corrected chi connectivity index (χ3v) is 8.29. The van der Waals surface area contributed by atoms with Crippen LogP contribution in [0.4, 0.5) is 5.82 Å². The molecule has 1 saturated carbocycles. The lowest BCUT2D eigenvalue weighted by atomic mass is 9.65. The van der Waals surface area contributed by atoms with Crippen molar-refractivity contribution in [2.24, 2.45) is 5.92 Å². The summed E-state index contributed by atoms with van der Waals surface area (Å²) >= 11 is 0. The van der Waals surface area contributed by atoms with E-state index in [0.29, 0.717) is 22.8 Å². The number of nitrogens with zero attached hydrogens (tertiary/aromatic N) is 6. The molecule has 0 unspecified atom stereocenters. The van der Waals surface area contributed by atoms with Crippen molar-refractivity contribution in [1.82, 2.24) is 28.8 Å². The maximum Gasteiger partial charge on any atom is 0.244 e. The lowest BCUT2D eigenvalue weighted by molar-refractivity contribution is -0.0468. The zero-order chi connectivity index (χ0) is 20.4. The highest BCUT2D eigenvalue weighted by atomic mass is 32.2. The molecule has 2 bridgehead atoms. The number of nitrogen functional groups attached to an aromatic ring is 1. The summed E-state index contributed by atoms with van der Waals surface area (Å²) in [7, 11) is 0.0300. The zero-order valence-electron chi connectivity index (χ0n) is 16.4. The van der Waals surface area contributed by atoms with Crippen LogP contribution in [0.15, 0.2) is 41.7 Å². The third kappa shape index (κ3) is 2.66. The number of benzene rings is 1. The van der Waals surface area contributed by atoms with E-state index in [4.69, 9.17) is 5.73 Å². The van der Waals surface area contributed by atoms with E-state index < -0.39 is 10.0 Å². The standard InChI is InChI=1S/C19H23N7O2S/c1-24-10-13-7-19(8-13,11-24)25(2)29(27,28)16-6-4-3-5-14(16)15-9-21-18-17(20)22-12-23-26(15)18/h3-6,9,12-13H,7-8,10-11H2,1-2H3,(H2,20,22,23). The van der Waals surface area contributed by atoms with Gasteiger partial charge in [-0.25, -0.2) is 22.9 Å². The highest BCUT2D eigenvalue weighted by Crippen LogP contribution is 2.48. The van der Waals surface area contributed by atoms with Gasteiger partial charge in [-0.2, -0.15) is 9.40 Å². The lowest BCUT2D eigenvalue weighted by Crippen LogP contribution is -2.68. The minimum atomic E-state index is -3.73. The Bertz CT molecular complexity index is 1200. The van der Waals surface area contributed by atoms with E-state index in [0.717, 1.165) is 25.9 Å². The van der Waals surface area contributed by atoms with Crippen LogP contribution < -0.4 is 5.73 Å². The monoisotopic (exact) mass is 413 g/mol. The number of piperidine rings is 2. The van der Waals surface area contributed by atoms with Crippen LogP contribution in [0.25, 0.3) is 16.9 Å². The predicted octanol–water partition coefficient (Wildman–Crippen LogP) is 1.09. The number of hydrogen-bond acceptors (Lipinski definition) is 7. The van der Waals surface area contributed by atoms with Crippen molar-refractivity contribution in [1.29, 1.82) is 0 Å². The number of aromatic nitrogens is 4. The second kappa shape index (κ2) is 6.22. The van der Waals surface area contributed by atoms with Crippen LogP contribution in [-0.4, -0.2) is 69.9 Å². The first-order valence-corrected chi connectivity index (χ1v) is 11.0. The molecule has 2 N–H and O–H groups in total. The Morgan fingerprint density at radius 1 is 1.24 bits per heavy atom. The van der Waals surface area contributed by atoms with Crippen molar-refractivity contribution >= 4 is 21.5 Å². The zero-order valence-corrected chi connectivity index (χ0v) is 17.2. The van der Waals surface area contributed by atoms with Crippen LogP contribution in [0.2, 0.25) is 0 Å². The van der Waals surface area contributed by atoms with Crippen LogP contribution in [0, 0.1) is 5.92 Å². The van der Waals surface area contributed by atoms with Crippen molar-refractivity contribution in [3.05, 3.63) is 36.8 Å². The Morgan fingerprint density at radius 3 is 2.76 bits per heavy atom. The molecule has 10 heteroatoms. The molecule has 0 atom stereocenters. The molecule has 3 aliphatic rings. The highest BCUT2D eigenvalue weighted by Gasteiger charge is 2.55. The molecule has 9 nitrogen and oxygen atoms in total. The van der Waals surface area contributed by atoms with Crippen LogP contribution >= 0.6 is 0 Å². The van der Waals surface area contributed by atoms with E-state index in [1.165, 1.54) is 10.8 Å². The summed E-state index contributed by atoms with van der Waals surface area (Å²) in [5.74, 6) is 0.813. The number of likely N-dealkylation sites (N-methyl/N-ethyl adjacent to an activating group) is 2. The fourth-order valence-corrected chi connectivity index (χ4v) is 6.67. The summed E-state index contributed by atoms with van der Waals surface area (Å²) in [5, 5.41) is 4.22. The van der Waals surface area contributed by atoms with Crippen LogP contribution in [0.1, 0.15) is 12.8 Å². The average Bonchev–Trinajstić information content (AvgIpc) is 3.11. The van der Waals surface area contributed by atoms with Crippen LogP contribution in [0.3, 0.4) is 0 Å². The van der Waals surface area contributed by atoms with Gasteiger partial charge in [-0.05, 0) is 31.9 Å². The molecular formula is C19H23N7O2S. The van der Waals surface area contributed by atoms with Crippen molar-refractivity contribution in [2.45, 2.75) is 23.3 Å². The second-order valence-electron chi connectivity index (χ2n) is 8.19. The smallest absolute Gasteiger partial charge is 0.244 e. The average molecular weight is 414 g/mol. The van der Waals surface area contributed by atoms with E-state index in [2.05, 4.69) is 27.0 Å². The number of fused-ring (bicyclic) bond motifs is 3. The fraction of sp³-hybridized carbons (Fsp3) is 0.421. The van der Waals surface area contributed by atoms with E-state index in [-0.39, 0.29) is 16.3 Å². The Kier molecular flexibility index (Phi) is 3.96. The fourth-order valence-electron chi connectivity index (χ4n) is 4.96. The van der Waals surface area contributed by atoms with Crippen molar-refractivity contribution < 1.29 is 8.42 Å². The molecule has 6 rings (SSSR count). The number of nitrogens with two attached hydrogens (primary N) is 1. The van der Waals surface area contributed by atoms with Crippen molar-refractivity contribution in [3.8, 4) is 11.3 Å². The second-order valence-corrected chi connectivity index (χ2v) is 10.1. The van der Waals surface area contributed by atoms with Gasteiger partial charge in [-0.3, -0.25) is 0 Å². The summed E-state index contributed by atoms with van der Waals surface area (Å²) < 4.78 is 30.5. The molecule has 1 aromatic carbocycles. The number of rotatable bonds is 4. The first-order valence-electron chi connectivity index (χ1n) is 9.53. The van der Waals surface area contributed by atoms with Gasteiger partial charge >= 0.3 is 0 Å². The molecule has 2 saturated heterocycles. The Labute approximate surface area is 169 Å². The lowest BCUT2D eigenvalue weighted by Gasteiger charge is -2.58. The molecule has 2 aromatic heterocycles. The summed E-state index contributed by atoms with van der Waals surface area (Å²) in [5.41, 5.74) is 7.05. The Hall–Kier alpha value is -2.56. The minimum Gasteiger partial charge on any atom is -0.381 e. The van der Waals surface area contributed by atoms with Crippen molar-refractivity contribution in [2.75, 3.05) is 32.9 Å². The quantitative estimate of drug-likeness (QED) is 0.682. The first kappa shape index (κ1) is 18.5. The molecule has 2 aliphatic heterocycles. The highest BCUT2D eigenvalue weighted by molar-refractivity contribution is 7.89.